The van der Waals surface area contributed by atoms with Crippen LogP contribution in [0.1, 0.15) is 10.4 Å². The van der Waals surface area contributed by atoms with E-state index in [1.807, 2.05) is 6.92 Å². The van der Waals surface area contributed by atoms with E-state index in [0.717, 1.165) is 5.56 Å². The zero-order chi connectivity index (χ0) is 14.9. The molecule has 0 aliphatic carbocycles. The molecule has 20 heavy (non-hydrogen) atoms. The van der Waals surface area contributed by atoms with Crippen molar-refractivity contribution < 1.29 is 13.5 Å². The molecule has 4 nitrogen and oxygen atoms in total. The maximum atomic E-state index is 12.3. The topological polar surface area (TPSA) is 66.4 Å². The van der Waals surface area contributed by atoms with Crippen LogP contribution in [0.5, 0.6) is 0 Å². The highest BCUT2D eigenvalue weighted by atomic mass is 79.9. The number of hydrogen-bond acceptors (Lipinski definition) is 4. The molecule has 1 heterocycles. The smallest absolute Gasteiger partial charge is 0.263 e. The summed E-state index contributed by atoms with van der Waals surface area (Å²) in [6.07, 6.45) is 0. The fourth-order valence-electron chi connectivity index (χ4n) is 1.53. The van der Waals surface area contributed by atoms with E-state index >= 15 is 0 Å². The van der Waals surface area contributed by atoms with Crippen LogP contribution in [0.4, 0.5) is 5.69 Å². The van der Waals surface area contributed by atoms with Gasteiger partial charge in [0.2, 0.25) is 0 Å². The van der Waals surface area contributed by atoms with Crippen molar-refractivity contribution in [3.8, 4) is 0 Å². The van der Waals surface area contributed by atoms with Gasteiger partial charge >= 0.3 is 0 Å². The number of nitrogens with one attached hydrogen (secondary N) is 1. The second kappa shape index (κ2) is 6.03. The van der Waals surface area contributed by atoms with E-state index in [1.165, 1.54) is 17.4 Å². The van der Waals surface area contributed by atoms with Crippen LogP contribution >= 0.6 is 38.9 Å². The van der Waals surface area contributed by atoms with E-state index in [0.29, 0.717) is 19.4 Å². The van der Waals surface area contributed by atoms with Crippen LogP contribution in [-0.2, 0) is 16.6 Å². The molecule has 108 valence electrons. The lowest BCUT2D eigenvalue weighted by molar-refractivity contribution is 0.285. The van der Waals surface area contributed by atoms with E-state index in [2.05, 4.69) is 20.7 Å². The zero-order valence-corrected chi connectivity index (χ0v) is 14.3. The largest absolute Gasteiger partial charge is 0.391 e. The highest BCUT2D eigenvalue weighted by Gasteiger charge is 2.21. The Balaban J connectivity index is 2.35. The lowest BCUT2D eigenvalue weighted by Gasteiger charge is -2.08. The van der Waals surface area contributed by atoms with Crippen molar-refractivity contribution in [2.75, 3.05) is 4.72 Å². The maximum Gasteiger partial charge on any atom is 0.263 e. The SMILES string of the molecule is Cc1ccc(NS(=O)(=O)c2cc(CO)sc2Br)cc1Cl. The Labute approximate surface area is 134 Å². The molecule has 0 radical (unpaired) electrons. The van der Waals surface area contributed by atoms with Crippen molar-refractivity contribution in [3.05, 3.63) is 43.5 Å². The fraction of sp³-hybridized carbons (Fsp3) is 0.167. The molecular weight excluding hydrogens is 386 g/mol. The Morgan fingerprint density at radius 2 is 2.10 bits per heavy atom. The minimum absolute atomic E-state index is 0.100. The summed E-state index contributed by atoms with van der Waals surface area (Å²) in [5.74, 6) is 0. The number of benzene rings is 1. The molecule has 0 bridgehead atoms. The van der Waals surface area contributed by atoms with E-state index in [4.69, 9.17) is 16.7 Å². The summed E-state index contributed by atoms with van der Waals surface area (Å²) >= 11 is 10.3. The first-order valence-corrected chi connectivity index (χ1v) is 8.98. The number of hydrogen-bond donors (Lipinski definition) is 2. The predicted octanol–water partition coefficient (Wildman–Crippen LogP) is 3.77. The van der Waals surface area contributed by atoms with Gasteiger partial charge in [-0.3, -0.25) is 4.72 Å². The Kier molecular flexibility index (Phi) is 4.76. The van der Waals surface area contributed by atoms with E-state index < -0.39 is 10.0 Å². The second-order valence-corrected chi connectivity index (χ2v) is 8.59. The van der Waals surface area contributed by atoms with Gasteiger partial charge in [0.25, 0.3) is 10.0 Å². The molecule has 0 aliphatic heterocycles. The molecule has 0 fully saturated rings. The highest BCUT2D eigenvalue weighted by Crippen LogP contribution is 2.33. The van der Waals surface area contributed by atoms with Crippen molar-refractivity contribution in [2.24, 2.45) is 0 Å². The number of halogens is 2. The Hall–Kier alpha value is -0.600. The standard InChI is InChI=1S/C12H11BrClNO3S2/c1-7-2-3-8(4-10(7)14)15-20(17,18)11-5-9(6-16)19-12(11)13/h2-5,15-16H,6H2,1H3. The van der Waals surface area contributed by atoms with Gasteiger partial charge < -0.3 is 5.11 Å². The van der Waals surface area contributed by atoms with E-state index in [9.17, 15) is 8.42 Å². The first-order valence-electron chi connectivity index (χ1n) is 5.51. The molecule has 0 aliphatic rings. The molecule has 1 aromatic carbocycles. The average Bonchev–Trinajstić information content (AvgIpc) is 2.76. The van der Waals surface area contributed by atoms with E-state index in [1.54, 1.807) is 18.2 Å². The molecule has 2 rings (SSSR count). The summed E-state index contributed by atoms with van der Waals surface area (Å²) in [5.41, 5.74) is 1.26. The van der Waals surface area contributed by atoms with Crippen LogP contribution in [-0.4, -0.2) is 13.5 Å². The first kappa shape index (κ1) is 15.8. The lowest BCUT2D eigenvalue weighted by atomic mass is 10.2. The molecule has 2 aromatic rings. The highest BCUT2D eigenvalue weighted by molar-refractivity contribution is 9.11. The van der Waals surface area contributed by atoms with E-state index in [-0.39, 0.29) is 11.5 Å². The molecule has 0 unspecified atom stereocenters. The number of aliphatic hydroxyl groups is 1. The summed E-state index contributed by atoms with van der Waals surface area (Å²) in [6.45, 7) is 1.64. The van der Waals surface area contributed by atoms with Gasteiger partial charge in [0.05, 0.1) is 16.1 Å². The number of anilines is 1. The fourth-order valence-corrected chi connectivity index (χ4v) is 5.30. The first-order chi connectivity index (χ1) is 9.33. The van der Waals surface area contributed by atoms with Crippen LogP contribution in [0.2, 0.25) is 5.02 Å². The van der Waals surface area contributed by atoms with Gasteiger partial charge in [0.1, 0.15) is 4.90 Å². The molecule has 0 saturated carbocycles. The second-order valence-electron chi connectivity index (χ2n) is 4.08. The third-order valence-electron chi connectivity index (χ3n) is 2.58. The van der Waals surface area contributed by atoms with Gasteiger partial charge in [-0.1, -0.05) is 17.7 Å². The van der Waals surface area contributed by atoms with Crippen LogP contribution in [0, 0.1) is 6.92 Å². The number of aliphatic hydroxyl groups excluding tert-OH is 1. The van der Waals surface area contributed by atoms with Gasteiger partial charge in [-0.05, 0) is 46.6 Å². The zero-order valence-electron chi connectivity index (χ0n) is 10.4. The van der Waals surface area contributed by atoms with Gasteiger partial charge in [-0.2, -0.15) is 0 Å². The molecular formula is C12H11BrClNO3S2. The van der Waals surface area contributed by atoms with Gasteiger partial charge in [-0.15, -0.1) is 11.3 Å². The summed E-state index contributed by atoms with van der Waals surface area (Å²) in [7, 11) is -3.72. The number of aryl methyl sites for hydroxylation is 1. The summed E-state index contributed by atoms with van der Waals surface area (Å²) < 4.78 is 27.5. The molecule has 8 heteroatoms. The monoisotopic (exact) mass is 395 g/mol. The number of rotatable bonds is 4. The molecule has 1 aromatic heterocycles. The van der Waals surface area contributed by atoms with Gasteiger partial charge in [0.15, 0.2) is 0 Å². The number of thiophene rings is 1. The minimum Gasteiger partial charge on any atom is -0.391 e. The third kappa shape index (κ3) is 3.35. The molecule has 0 spiro atoms. The van der Waals surface area contributed by atoms with Crippen LogP contribution in [0.25, 0.3) is 0 Å². The van der Waals surface area contributed by atoms with Crippen molar-refractivity contribution in [1.82, 2.24) is 0 Å². The molecule has 0 atom stereocenters. The third-order valence-corrected chi connectivity index (χ3v) is 6.60. The summed E-state index contributed by atoms with van der Waals surface area (Å²) in [6, 6.07) is 6.38. The van der Waals surface area contributed by atoms with Crippen LogP contribution < -0.4 is 4.72 Å². The molecule has 0 amide bonds. The van der Waals surface area contributed by atoms with Gasteiger partial charge in [-0.25, -0.2) is 8.42 Å². The lowest BCUT2D eigenvalue weighted by Crippen LogP contribution is -2.12. The summed E-state index contributed by atoms with van der Waals surface area (Å²) in [5, 5.41) is 9.55. The average molecular weight is 397 g/mol. The Morgan fingerprint density at radius 1 is 1.40 bits per heavy atom. The van der Waals surface area contributed by atoms with Crippen LogP contribution in [0.3, 0.4) is 0 Å². The Morgan fingerprint density at radius 3 is 2.65 bits per heavy atom. The van der Waals surface area contributed by atoms with Crippen molar-refractivity contribution in [1.29, 1.82) is 0 Å². The maximum absolute atomic E-state index is 12.3. The molecule has 0 saturated heterocycles. The predicted molar refractivity (Wildman–Crippen MR) is 84.9 cm³/mol. The normalized spacial score (nSPS) is 11.6. The summed E-state index contributed by atoms with van der Waals surface area (Å²) in [4.78, 5) is 0.669. The quantitative estimate of drug-likeness (QED) is 0.827. The van der Waals surface area contributed by atoms with Crippen molar-refractivity contribution >= 4 is 54.6 Å². The van der Waals surface area contributed by atoms with Gasteiger partial charge in [0, 0.05) is 9.90 Å². The van der Waals surface area contributed by atoms with Crippen molar-refractivity contribution in [2.45, 2.75) is 18.4 Å². The number of sulfonamides is 1. The Bertz CT molecular complexity index is 743. The van der Waals surface area contributed by atoms with Crippen molar-refractivity contribution in [3.63, 3.8) is 0 Å². The minimum atomic E-state index is -3.72. The van der Waals surface area contributed by atoms with Crippen LogP contribution in [0.15, 0.2) is 32.9 Å². The molecule has 2 N–H and O–H groups in total.